The van der Waals surface area contributed by atoms with Crippen molar-refractivity contribution in [2.45, 2.75) is 27.7 Å². The quantitative estimate of drug-likeness (QED) is 0.585. The molecule has 0 aliphatic heterocycles. The molecule has 0 nitrogen and oxygen atoms in total. The molecule has 0 saturated carbocycles. The second-order valence-electron chi connectivity index (χ2n) is 0. The molecule has 0 N–H and O–H groups in total. The Morgan fingerprint density at radius 1 is 0.444 bits per heavy atom. The van der Waals surface area contributed by atoms with E-state index < -0.39 is 0 Å². The van der Waals surface area contributed by atoms with Crippen molar-refractivity contribution in [3.63, 3.8) is 0 Å². The summed E-state index contributed by atoms with van der Waals surface area (Å²) >= 11 is 0. The maximum atomic E-state index is 3.25. The zero-order valence-corrected chi connectivity index (χ0v) is 11.5. The molecule has 0 heterocycles. The van der Waals surface area contributed by atoms with Gasteiger partial charge in [0.05, 0.1) is 0 Å². The van der Waals surface area contributed by atoms with Gasteiger partial charge in [0.15, 0.2) is 0 Å². The molecule has 0 atom stereocenters. The molecule has 0 amide bonds. The van der Waals surface area contributed by atoms with Crippen LogP contribution in [0.4, 0.5) is 0 Å². The minimum absolute atomic E-state index is 0. The third-order valence-electron chi connectivity index (χ3n) is 0. The van der Waals surface area contributed by atoms with Gasteiger partial charge in [0.25, 0.3) is 0 Å². The smallest absolute Gasteiger partial charge is 0.346 e. The van der Waals surface area contributed by atoms with E-state index in [-0.39, 0.29) is 31.1 Å². The molecule has 0 spiro atoms. The van der Waals surface area contributed by atoms with Crippen LogP contribution in [0.5, 0.6) is 0 Å². The minimum Gasteiger partial charge on any atom is -0.346 e. The van der Waals surface area contributed by atoms with Crippen molar-refractivity contribution in [1.29, 1.82) is 0 Å². The predicted octanol–water partition coefficient (Wildman–Crippen LogP) is 3.36. The first-order valence-electron chi connectivity index (χ1n) is 2.83. The van der Waals surface area contributed by atoms with Crippen molar-refractivity contribution in [1.82, 2.24) is 0 Å². The van der Waals surface area contributed by atoms with Gasteiger partial charge in [-0.1, -0.05) is 0 Å². The van der Waals surface area contributed by atoms with Crippen LogP contribution < -0.4 is 0 Å². The third-order valence-corrected chi connectivity index (χ3v) is 0. The zero-order valence-electron chi connectivity index (χ0n) is 7.33. The molecule has 0 rings (SSSR count). The third kappa shape index (κ3) is 407. The molecule has 0 radical (unpaired) electrons. The second kappa shape index (κ2) is 530. The summed E-state index contributed by atoms with van der Waals surface area (Å²) in [6.45, 7) is 20.0. The van der Waals surface area contributed by atoms with Crippen LogP contribution in [0.15, 0.2) is 0 Å². The van der Waals surface area contributed by atoms with Gasteiger partial charge < -0.3 is 27.7 Å². The Labute approximate surface area is 86.2 Å². The summed E-state index contributed by atoms with van der Waals surface area (Å²) in [6.07, 6.45) is 0. The van der Waals surface area contributed by atoms with Crippen LogP contribution in [0.2, 0.25) is 0 Å². The topological polar surface area (TPSA) is 0 Å². The maximum Gasteiger partial charge on any atom is 4.00 e. The Morgan fingerprint density at radius 2 is 0.444 bits per heavy atom. The van der Waals surface area contributed by atoms with E-state index in [0.717, 1.165) is 0 Å². The normalized spacial score (nSPS) is 2.67. The molecule has 0 bridgehead atoms. The van der Waals surface area contributed by atoms with Gasteiger partial charge in [-0.15, -0.1) is 0 Å². The van der Waals surface area contributed by atoms with E-state index in [1.54, 1.807) is 27.7 Å². The summed E-state index contributed by atoms with van der Waals surface area (Å²) < 4.78 is 0. The van der Waals surface area contributed by atoms with Crippen LogP contribution in [-0.4, -0.2) is 0 Å². The number of hydrogen-bond donors (Lipinski definition) is 0. The molecule has 0 saturated heterocycles. The fourth-order valence-electron chi connectivity index (χ4n) is 0. The van der Waals surface area contributed by atoms with E-state index >= 15 is 0 Å². The number of hydrogen-bond acceptors (Lipinski definition) is 0. The Hall–Kier alpha value is 1.05. The fraction of sp³-hybridized carbons (Fsp3) is 0.500. The standard InChI is InChI=1S/4C2H5.U/c4*1-2;/h4*1H2,2H3;/q4*-1;+4. The van der Waals surface area contributed by atoms with Gasteiger partial charge in [-0.25, -0.2) is 0 Å². The van der Waals surface area contributed by atoms with Crippen molar-refractivity contribution in [2.75, 3.05) is 0 Å². The first kappa shape index (κ1) is 32.3. The summed E-state index contributed by atoms with van der Waals surface area (Å²) in [6, 6.07) is 0. The molecule has 0 aliphatic rings. The first-order valence-corrected chi connectivity index (χ1v) is 2.83. The summed E-state index contributed by atoms with van der Waals surface area (Å²) in [5.74, 6) is 0. The summed E-state index contributed by atoms with van der Waals surface area (Å²) in [4.78, 5) is 0. The largest absolute Gasteiger partial charge is 4.00 e. The predicted molar refractivity (Wildman–Crippen MR) is 44.1 cm³/mol. The Bertz CT molecular complexity index is 4.53. The molecular weight excluding hydrogens is 334 g/mol. The molecule has 0 fully saturated rings. The van der Waals surface area contributed by atoms with Gasteiger partial charge in [-0.05, 0) is 0 Å². The first-order chi connectivity index (χ1) is 4.00. The van der Waals surface area contributed by atoms with Gasteiger partial charge in [0.1, 0.15) is 0 Å². The van der Waals surface area contributed by atoms with Crippen LogP contribution in [0, 0.1) is 58.8 Å². The van der Waals surface area contributed by atoms with Gasteiger partial charge in [-0.2, -0.15) is 27.7 Å². The maximum absolute atomic E-state index is 3.25. The van der Waals surface area contributed by atoms with E-state index in [0.29, 0.717) is 0 Å². The van der Waals surface area contributed by atoms with Gasteiger partial charge in [-0.3, -0.25) is 0 Å². The SMILES string of the molecule is [CH2-]C.[CH2-]C.[CH2-]C.[CH2-]C.[U+4]. The molecule has 1 heteroatoms. The van der Waals surface area contributed by atoms with Crippen LogP contribution >= 0.6 is 0 Å². The minimum atomic E-state index is 0. The van der Waals surface area contributed by atoms with Crippen molar-refractivity contribution in [3.05, 3.63) is 27.7 Å². The summed E-state index contributed by atoms with van der Waals surface area (Å²) in [5, 5.41) is 0. The average molecular weight is 354 g/mol. The zero-order chi connectivity index (χ0) is 8.00. The molecule has 0 aromatic rings. The molecule has 9 heavy (non-hydrogen) atoms. The molecule has 0 unspecified atom stereocenters. The molecule has 0 aliphatic carbocycles. The van der Waals surface area contributed by atoms with Crippen molar-refractivity contribution in [2.24, 2.45) is 0 Å². The van der Waals surface area contributed by atoms with E-state index in [1.165, 1.54) is 0 Å². The van der Waals surface area contributed by atoms with Crippen molar-refractivity contribution in [3.8, 4) is 0 Å². The van der Waals surface area contributed by atoms with Gasteiger partial charge in [0.2, 0.25) is 0 Å². The van der Waals surface area contributed by atoms with E-state index in [4.69, 9.17) is 0 Å². The Morgan fingerprint density at radius 3 is 0.444 bits per heavy atom. The van der Waals surface area contributed by atoms with E-state index in [2.05, 4.69) is 27.7 Å². The van der Waals surface area contributed by atoms with Crippen molar-refractivity contribution >= 4 is 0 Å². The van der Waals surface area contributed by atoms with E-state index in [9.17, 15) is 0 Å². The van der Waals surface area contributed by atoms with Crippen LogP contribution in [0.3, 0.4) is 0 Å². The monoisotopic (exact) mass is 354 g/mol. The van der Waals surface area contributed by atoms with Gasteiger partial charge >= 0.3 is 31.1 Å². The fourth-order valence-corrected chi connectivity index (χ4v) is 0. The molecule has 0 aromatic heterocycles. The molecule has 56 valence electrons. The van der Waals surface area contributed by atoms with Crippen LogP contribution in [0.1, 0.15) is 27.7 Å². The summed E-state index contributed by atoms with van der Waals surface area (Å²) in [5.41, 5.74) is 0. The second-order valence-corrected chi connectivity index (χ2v) is 0. The van der Waals surface area contributed by atoms with Gasteiger partial charge in [0, 0.05) is 0 Å². The van der Waals surface area contributed by atoms with Crippen molar-refractivity contribution < 1.29 is 31.1 Å². The Kier molecular flexibility index (Phi) is 1900. The Balaban J connectivity index is -0.00000000762. The molecule has 0 aromatic carbocycles. The number of rotatable bonds is 0. The van der Waals surface area contributed by atoms with E-state index in [1.807, 2.05) is 0 Å². The van der Waals surface area contributed by atoms with Crippen LogP contribution in [0.25, 0.3) is 0 Å². The summed E-state index contributed by atoms with van der Waals surface area (Å²) in [7, 11) is 0. The molecular formula is C8H20U. The average Bonchev–Trinajstić information content (AvgIpc) is 2.03. The van der Waals surface area contributed by atoms with Crippen LogP contribution in [-0.2, 0) is 0 Å².